The van der Waals surface area contributed by atoms with E-state index in [2.05, 4.69) is 15.3 Å². The van der Waals surface area contributed by atoms with E-state index in [1.54, 1.807) is 24.3 Å². The lowest BCUT2D eigenvalue weighted by atomic mass is 10.0. The minimum absolute atomic E-state index is 0.0732. The number of H-pyrrole nitrogens is 1. The highest BCUT2D eigenvalue weighted by atomic mass is 32.2. The summed E-state index contributed by atoms with van der Waals surface area (Å²) in [5.41, 5.74) is 3.08. The number of carbonyl (C=O) groups is 3. The van der Waals surface area contributed by atoms with Gasteiger partial charge in [-0.3, -0.25) is 14.3 Å². The Morgan fingerprint density at radius 2 is 1.82 bits per heavy atom. The first-order chi connectivity index (χ1) is 17.8. The molecule has 2 aromatic carbocycles. The van der Waals surface area contributed by atoms with Gasteiger partial charge in [0.25, 0.3) is 0 Å². The number of methoxy groups -OCH3 is 1. The van der Waals surface area contributed by atoms with Crippen molar-refractivity contribution in [2.24, 2.45) is 0 Å². The monoisotopic (exact) mass is 556 g/mol. The summed E-state index contributed by atoms with van der Waals surface area (Å²) >= 11 is 0. The fourth-order valence-electron chi connectivity index (χ4n) is 3.67. The minimum Gasteiger partial charge on any atom is -0.475 e. The van der Waals surface area contributed by atoms with Crippen molar-refractivity contribution < 1.29 is 45.8 Å². The van der Waals surface area contributed by atoms with Gasteiger partial charge < -0.3 is 20.1 Å². The molecule has 1 unspecified atom stereocenters. The zero-order valence-corrected chi connectivity index (χ0v) is 20.6. The summed E-state index contributed by atoms with van der Waals surface area (Å²) in [6, 6.07) is 14.1. The van der Waals surface area contributed by atoms with Gasteiger partial charge in [-0.05, 0) is 29.7 Å². The molecule has 0 spiro atoms. The predicted molar refractivity (Wildman–Crippen MR) is 127 cm³/mol. The molecule has 2 heterocycles. The fourth-order valence-corrected chi connectivity index (χ4v) is 5.10. The Morgan fingerprint density at radius 3 is 2.34 bits per heavy atom. The molecule has 204 valence electrons. The van der Waals surface area contributed by atoms with Crippen LogP contribution in [-0.4, -0.2) is 61.2 Å². The second kappa shape index (κ2) is 11.6. The number of carbonyl (C=O) groups excluding carboxylic acids is 2. The number of sulfonamides is 1. The Kier molecular flexibility index (Phi) is 8.73. The summed E-state index contributed by atoms with van der Waals surface area (Å²) in [5, 5.41) is 9.16. The topological polar surface area (TPSA) is 168 Å². The Hall–Kier alpha value is -3.98. The average molecular weight is 557 g/mol. The first kappa shape index (κ1) is 28.6. The third-order valence-corrected chi connectivity index (χ3v) is 7.08. The van der Waals surface area contributed by atoms with Crippen molar-refractivity contribution >= 4 is 38.8 Å². The third kappa shape index (κ3) is 7.29. The standard InChI is InChI=1S/C21H22N4O5S.C2HF3O2/c1-30-12-20(27)22-17(21-23-15-4-2-3-5-16(15)24-21)10-13-6-8-14(9-7-13)18-11-19(26)25-31(18,28)29;3-2(4,5)1(6)7/h2-9,17-18H,10-12H2,1H3,(H,22,27)(H,23,24)(H,25,26);(H,6,7)/t17-,18?;/m0./s1. The van der Waals surface area contributed by atoms with Gasteiger partial charge >= 0.3 is 12.1 Å². The van der Waals surface area contributed by atoms with Crippen LogP contribution in [-0.2, 0) is 35.6 Å². The molecule has 11 nitrogen and oxygen atoms in total. The second-order valence-electron chi connectivity index (χ2n) is 8.20. The number of halogens is 3. The summed E-state index contributed by atoms with van der Waals surface area (Å²) in [7, 11) is -2.24. The van der Waals surface area contributed by atoms with Crippen LogP contribution < -0.4 is 10.0 Å². The van der Waals surface area contributed by atoms with Gasteiger partial charge in [0.2, 0.25) is 21.8 Å². The number of benzene rings is 2. The Labute approximate surface area is 214 Å². The van der Waals surface area contributed by atoms with Gasteiger partial charge in [-0.2, -0.15) is 13.2 Å². The lowest BCUT2D eigenvalue weighted by Gasteiger charge is -2.17. The number of rotatable bonds is 7. The number of nitrogens with zero attached hydrogens (tertiary/aromatic N) is 1. The SMILES string of the molecule is COCC(=O)N[C@@H](Cc1ccc(C2CC(=O)NS2(=O)=O)cc1)c1nc2ccccc2[nH]1.O=C(O)C(F)(F)F. The van der Waals surface area contributed by atoms with Crippen LogP contribution in [0.3, 0.4) is 0 Å². The van der Waals surface area contributed by atoms with Crippen molar-refractivity contribution in [1.82, 2.24) is 20.0 Å². The van der Waals surface area contributed by atoms with Gasteiger partial charge in [0, 0.05) is 7.11 Å². The quantitative estimate of drug-likeness (QED) is 0.343. The highest BCUT2D eigenvalue weighted by Crippen LogP contribution is 2.30. The Bertz CT molecular complexity index is 1390. The van der Waals surface area contributed by atoms with Crippen molar-refractivity contribution in [3.8, 4) is 0 Å². The van der Waals surface area contributed by atoms with Crippen molar-refractivity contribution in [2.45, 2.75) is 30.3 Å². The van der Waals surface area contributed by atoms with E-state index in [1.807, 2.05) is 29.0 Å². The lowest BCUT2D eigenvalue weighted by molar-refractivity contribution is -0.192. The number of nitrogens with one attached hydrogen (secondary N) is 3. The maximum Gasteiger partial charge on any atom is 0.490 e. The highest BCUT2D eigenvalue weighted by molar-refractivity contribution is 7.90. The number of hydrogen-bond acceptors (Lipinski definition) is 7. The number of aromatic amines is 1. The molecule has 0 bridgehead atoms. The van der Waals surface area contributed by atoms with Gasteiger partial charge in [-0.15, -0.1) is 0 Å². The van der Waals surface area contributed by atoms with E-state index in [4.69, 9.17) is 14.6 Å². The van der Waals surface area contributed by atoms with E-state index >= 15 is 0 Å². The van der Waals surface area contributed by atoms with Crippen LogP contribution in [0.2, 0.25) is 0 Å². The number of imidazole rings is 1. The van der Waals surface area contributed by atoms with Crippen LogP contribution in [0.5, 0.6) is 0 Å². The molecule has 0 aliphatic carbocycles. The molecule has 1 saturated heterocycles. The first-order valence-electron chi connectivity index (χ1n) is 11.0. The van der Waals surface area contributed by atoms with Crippen LogP contribution >= 0.6 is 0 Å². The van der Waals surface area contributed by atoms with Crippen LogP contribution in [0, 0.1) is 0 Å². The van der Waals surface area contributed by atoms with E-state index in [0.717, 1.165) is 16.6 Å². The van der Waals surface area contributed by atoms with E-state index in [-0.39, 0.29) is 18.9 Å². The lowest BCUT2D eigenvalue weighted by Crippen LogP contribution is -2.33. The summed E-state index contributed by atoms with van der Waals surface area (Å²) in [6.45, 7) is -0.0732. The number of aromatic nitrogens is 2. The normalized spacial score (nSPS) is 17.3. The molecular weight excluding hydrogens is 533 g/mol. The van der Waals surface area contributed by atoms with E-state index in [9.17, 15) is 31.2 Å². The van der Waals surface area contributed by atoms with Crippen LogP contribution in [0.1, 0.15) is 34.7 Å². The second-order valence-corrected chi connectivity index (χ2v) is 10.1. The van der Waals surface area contributed by atoms with Crippen molar-refractivity contribution in [3.63, 3.8) is 0 Å². The molecule has 1 aliphatic heterocycles. The number of carboxylic acids is 1. The zero-order chi connectivity index (χ0) is 28.1. The molecule has 2 atom stereocenters. The molecule has 15 heteroatoms. The van der Waals surface area contributed by atoms with E-state index in [0.29, 0.717) is 17.8 Å². The van der Waals surface area contributed by atoms with Gasteiger partial charge in [0.1, 0.15) is 17.7 Å². The number of amides is 2. The van der Waals surface area contributed by atoms with Gasteiger partial charge in [0.15, 0.2) is 0 Å². The smallest absolute Gasteiger partial charge is 0.475 e. The average Bonchev–Trinajstić information content (AvgIpc) is 3.38. The molecule has 4 N–H and O–H groups in total. The maximum absolute atomic E-state index is 12.2. The number of ether oxygens (including phenoxy) is 1. The van der Waals surface area contributed by atoms with Crippen LogP contribution in [0.4, 0.5) is 13.2 Å². The van der Waals surface area contributed by atoms with Crippen LogP contribution in [0.15, 0.2) is 48.5 Å². The maximum atomic E-state index is 12.2. The van der Waals surface area contributed by atoms with Crippen molar-refractivity contribution in [2.75, 3.05) is 13.7 Å². The summed E-state index contributed by atoms with van der Waals surface area (Å²) in [6.07, 6.45) is -4.74. The highest BCUT2D eigenvalue weighted by Gasteiger charge is 2.38. The number of aliphatic carboxylic acids is 1. The molecule has 2 amide bonds. The molecule has 1 aromatic heterocycles. The molecule has 1 aliphatic rings. The number of carboxylic acid groups (broad SMARTS) is 1. The Morgan fingerprint density at radius 1 is 1.18 bits per heavy atom. The van der Waals surface area contributed by atoms with Crippen molar-refractivity contribution in [3.05, 3.63) is 65.5 Å². The number of fused-ring (bicyclic) bond motifs is 1. The summed E-state index contributed by atoms with van der Waals surface area (Å²) in [4.78, 5) is 40.4. The molecular formula is C23H23F3N4O7S. The largest absolute Gasteiger partial charge is 0.490 e. The summed E-state index contributed by atoms with van der Waals surface area (Å²) in [5.74, 6) is -2.92. The molecule has 0 saturated carbocycles. The van der Waals surface area contributed by atoms with Gasteiger partial charge in [-0.1, -0.05) is 36.4 Å². The Balaban J connectivity index is 0.000000505. The van der Waals surface area contributed by atoms with E-state index in [1.165, 1.54) is 7.11 Å². The van der Waals surface area contributed by atoms with Gasteiger partial charge in [-0.25, -0.2) is 18.2 Å². The summed E-state index contributed by atoms with van der Waals surface area (Å²) < 4.78 is 62.8. The number of alkyl halides is 3. The number of hydrogen-bond donors (Lipinski definition) is 4. The molecule has 38 heavy (non-hydrogen) atoms. The molecule has 3 aromatic rings. The first-order valence-corrected chi connectivity index (χ1v) is 12.5. The predicted octanol–water partition coefficient (Wildman–Crippen LogP) is 2.13. The molecule has 4 rings (SSSR count). The van der Waals surface area contributed by atoms with Gasteiger partial charge in [0.05, 0.1) is 23.5 Å². The molecule has 1 fully saturated rings. The molecule has 0 radical (unpaired) electrons. The van der Waals surface area contributed by atoms with Crippen LogP contribution in [0.25, 0.3) is 11.0 Å². The number of para-hydroxylation sites is 2. The minimum atomic E-state index is -5.08. The van der Waals surface area contributed by atoms with E-state index < -0.39 is 39.4 Å². The zero-order valence-electron chi connectivity index (χ0n) is 19.8. The third-order valence-electron chi connectivity index (χ3n) is 5.38. The fraction of sp³-hybridized carbons (Fsp3) is 0.304. The van der Waals surface area contributed by atoms with Crippen molar-refractivity contribution in [1.29, 1.82) is 0 Å².